The van der Waals surface area contributed by atoms with E-state index in [-0.39, 0.29) is 51.6 Å². The molecule has 2 fully saturated rings. The zero-order chi connectivity index (χ0) is 33.2. The largest absolute Gasteiger partial charge is 0.483 e. The van der Waals surface area contributed by atoms with Crippen molar-refractivity contribution < 1.29 is 37.8 Å². The van der Waals surface area contributed by atoms with Gasteiger partial charge in [-0.1, -0.05) is 11.6 Å². The molecule has 2 saturated heterocycles. The van der Waals surface area contributed by atoms with E-state index in [1.807, 2.05) is 5.10 Å². The zero-order valence-corrected chi connectivity index (χ0v) is 25.0. The second kappa shape index (κ2) is 12.9. The van der Waals surface area contributed by atoms with E-state index in [9.17, 15) is 27.9 Å². The monoisotopic (exact) mass is 663 g/mol. The van der Waals surface area contributed by atoms with E-state index in [4.69, 9.17) is 21.5 Å². The van der Waals surface area contributed by atoms with E-state index in [0.717, 1.165) is 6.20 Å². The van der Waals surface area contributed by atoms with Crippen LogP contribution in [-0.4, -0.2) is 107 Å². The van der Waals surface area contributed by atoms with E-state index in [0.29, 0.717) is 44.8 Å². The maximum absolute atomic E-state index is 13.4. The summed E-state index contributed by atoms with van der Waals surface area (Å²) in [5, 5.41) is 28.9. The molecule has 0 radical (unpaired) electrons. The Morgan fingerprint density at radius 2 is 1.85 bits per heavy atom. The summed E-state index contributed by atoms with van der Waals surface area (Å²) in [6.07, 6.45) is 1.02. The lowest BCUT2D eigenvalue weighted by atomic mass is 10.0. The van der Waals surface area contributed by atoms with Crippen LogP contribution in [0, 0.1) is 0 Å². The minimum atomic E-state index is -4.62. The predicted octanol–water partition coefficient (Wildman–Crippen LogP) is 2.63. The highest BCUT2D eigenvalue weighted by Gasteiger charge is 2.39. The lowest BCUT2D eigenvalue weighted by molar-refractivity contribution is -0.140. The molecule has 0 aliphatic carbocycles. The summed E-state index contributed by atoms with van der Waals surface area (Å²) in [6, 6.07) is 4.33. The number of rotatable bonds is 5. The number of carboxylic acid groups (broad SMARTS) is 1. The number of H-pyrrole nitrogens is 1. The Hall–Kier alpha value is -4.74. The summed E-state index contributed by atoms with van der Waals surface area (Å²) in [5.74, 6) is -0.0959. The number of carbonyl (C=O) groups is 3. The van der Waals surface area contributed by atoms with E-state index < -0.39 is 23.5 Å². The molecule has 14 nitrogen and oxygen atoms in total. The number of hydrogen-bond donors (Lipinski definition) is 5. The number of hydrogen-bond acceptors (Lipinski definition) is 9. The van der Waals surface area contributed by atoms with Crippen LogP contribution < -0.4 is 10.6 Å². The fourth-order valence-corrected chi connectivity index (χ4v) is 5.69. The van der Waals surface area contributed by atoms with E-state index >= 15 is 0 Å². The topological polar surface area (TPSA) is 181 Å². The van der Waals surface area contributed by atoms with Crippen molar-refractivity contribution in [1.82, 2.24) is 39.7 Å². The number of piperazine rings is 1. The molecular weight excluding hydrogens is 635 g/mol. The van der Waals surface area contributed by atoms with Crippen LogP contribution in [0.5, 0.6) is 0 Å². The number of imidazole rings is 1. The highest BCUT2D eigenvalue weighted by atomic mass is 35.5. The maximum atomic E-state index is 13.4. The highest BCUT2D eigenvalue weighted by molar-refractivity contribution is 6.34. The molecule has 1 aromatic carbocycles. The molecule has 2 amide bonds. The molecule has 46 heavy (non-hydrogen) atoms. The molecule has 6 rings (SSSR count). The van der Waals surface area contributed by atoms with Crippen LogP contribution >= 0.6 is 11.6 Å². The molecule has 0 spiro atoms. The van der Waals surface area contributed by atoms with Gasteiger partial charge >= 0.3 is 6.18 Å². The summed E-state index contributed by atoms with van der Waals surface area (Å²) in [5.41, 5.74) is -0.838. The molecule has 244 valence electrons. The highest BCUT2D eigenvalue weighted by Crippen LogP contribution is 2.36. The molecule has 0 unspecified atom stereocenters. The Morgan fingerprint density at radius 3 is 2.48 bits per heavy atom. The van der Waals surface area contributed by atoms with Gasteiger partial charge in [0.1, 0.15) is 5.69 Å². The average Bonchev–Trinajstić information content (AvgIpc) is 3.75. The number of amides is 2. The molecule has 2 aliphatic rings. The van der Waals surface area contributed by atoms with Crippen LogP contribution in [0.3, 0.4) is 0 Å². The van der Waals surface area contributed by atoms with Gasteiger partial charge in [0, 0.05) is 57.2 Å². The Morgan fingerprint density at radius 1 is 1.15 bits per heavy atom. The van der Waals surface area contributed by atoms with Crippen LogP contribution in [0.25, 0.3) is 16.9 Å². The average molecular weight is 664 g/mol. The smallest absolute Gasteiger partial charge is 0.433 e. The minimum absolute atomic E-state index is 0.0860. The molecule has 5 N–H and O–H groups in total. The molecule has 5 heterocycles. The second-order valence-corrected chi connectivity index (χ2v) is 11.4. The molecular formula is C28H29ClF3N9O5. The molecule has 4 aromatic rings. The van der Waals surface area contributed by atoms with Gasteiger partial charge < -0.3 is 30.6 Å². The van der Waals surface area contributed by atoms with Crippen LogP contribution in [0.4, 0.5) is 24.7 Å². The van der Waals surface area contributed by atoms with Gasteiger partial charge in [0.05, 0.1) is 45.9 Å². The van der Waals surface area contributed by atoms with E-state index in [2.05, 4.69) is 25.7 Å². The first-order valence-corrected chi connectivity index (χ1v) is 14.3. The van der Waals surface area contributed by atoms with Gasteiger partial charge in [-0.3, -0.25) is 23.9 Å². The maximum Gasteiger partial charge on any atom is 0.433 e. The van der Waals surface area contributed by atoms with Gasteiger partial charge in [0.2, 0.25) is 5.91 Å². The van der Waals surface area contributed by atoms with Crippen molar-refractivity contribution in [2.45, 2.75) is 31.2 Å². The quantitative estimate of drug-likeness (QED) is 0.199. The SMILES string of the molecule is C[C@@]1(O)CN[C@H](C(=O)N2CCN(C(=O)c3ccc(Nc4nccn5c(-c6cn[nH]c6C(F)(F)F)cnc45)cc3Cl)CC2)C1.O=CO. The zero-order valence-electron chi connectivity index (χ0n) is 24.3. The normalized spacial score (nSPS) is 19.9. The van der Waals surface area contributed by atoms with Gasteiger partial charge in [-0.2, -0.15) is 18.3 Å². The molecule has 18 heteroatoms. The summed E-state index contributed by atoms with van der Waals surface area (Å²) < 4.78 is 41.7. The number of anilines is 2. The number of alkyl halides is 3. The summed E-state index contributed by atoms with van der Waals surface area (Å²) >= 11 is 6.51. The van der Waals surface area contributed by atoms with Gasteiger partial charge in [-0.15, -0.1) is 0 Å². The van der Waals surface area contributed by atoms with Crippen molar-refractivity contribution in [3.05, 3.63) is 59.3 Å². The third-order valence-electron chi connectivity index (χ3n) is 7.64. The molecule has 2 atom stereocenters. The first-order chi connectivity index (χ1) is 21.8. The fourth-order valence-electron chi connectivity index (χ4n) is 5.43. The number of fused-ring (bicyclic) bond motifs is 1. The minimum Gasteiger partial charge on any atom is -0.483 e. The number of β-amino-alcohol motifs (C(OH)–C–C–N with tert-alkyl or cyclic N) is 1. The number of aromatic amines is 1. The van der Waals surface area contributed by atoms with E-state index in [1.165, 1.54) is 23.0 Å². The van der Waals surface area contributed by atoms with Crippen molar-refractivity contribution in [2.24, 2.45) is 0 Å². The number of nitrogens with zero attached hydrogens (tertiary/aromatic N) is 6. The number of halogens is 4. The summed E-state index contributed by atoms with van der Waals surface area (Å²) in [6.45, 7) is 3.21. The van der Waals surface area contributed by atoms with Crippen LogP contribution in [0.15, 0.2) is 43.0 Å². The van der Waals surface area contributed by atoms with Crippen LogP contribution in [0.2, 0.25) is 5.02 Å². The number of benzene rings is 1. The molecule has 2 aliphatic heterocycles. The third-order valence-corrected chi connectivity index (χ3v) is 7.95. The first-order valence-electron chi connectivity index (χ1n) is 13.9. The lowest BCUT2D eigenvalue weighted by Crippen LogP contribution is -2.54. The lowest BCUT2D eigenvalue weighted by Gasteiger charge is -2.36. The Kier molecular flexibility index (Phi) is 9.18. The molecule has 0 bridgehead atoms. The van der Waals surface area contributed by atoms with Crippen molar-refractivity contribution in [3.8, 4) is 11.3 Å². The predicted molar refractivity (Wildman–Crippen MR) is 159 cm³/mol. The number of nitrogens with one attached hydrogen (secondary N) is 3. The Bertz CT molecular complexity index is 1750. The fraction of sp³-hybridized carbons (Fsp3) is 0.357. The number of aromatic nitrogens is 5. The molecule has 0 saturated carbocycles. The third kappa shape index (κ3) is 6.75. The van der Waals surface area contributed by atoms with Crippen LogP contribution in [-0.2, 0) is 15.8 Å². The summed E-state index contributed by atoms with van der Waals surface area (Å²) in [4.78, 5) is 46.3. The van der Waals surface area contributed by atoms with Crippen molar-refractivity contribution >= 4 is 47.0 Å². The van der Waals surface area contributed by atoms with Gasteiger partial charge in [0.25, 0.3) is 12.4 Å². The summed E-state index contributed by atoms with van der Waals surface area (Å²) in [7, 11) is 0. The van der Waals surface area contributed by atoms with Gasteiger partial charge in [0.15, 0.2) is 11.5 Å². The Labute approximate surface area is 264 Å². The van der Waals surface area contributed by atoms with Crippen molar-refractivity contribution in [2.75, 3.05) is 38.0 Å². The molecule has 3 aromatic heterocycles. The first kappa shape index (κ1) is 32.6. The van der Waals surface area contributed by atoms with Crippen LogP contribution in [0.1, 0.15) is 29.4 Å². The van der Waals surface area contributed by atoms with Gasteiger partial charge in [-0.05, 0) is 25.1 Å². The van der Waals surface area contributed by atoms with E-state index in [1.54, 1.807) is 34.9 Å². The van der Waals surface area contributed by atoms with Gasteiger partial charge in [-0.25, -0.2) is 9.97 Å². The second-order valence-electron chi connectivity index (χ2n) is 10.9. The van der Waals surface area contributed by atoms with Crippen molar-refractivity contribution in [1.29, 1.82) is 0 Å². The standard InChI is InChI=1S/C27H27ClF3N9O3.CH2O2/c1-26(43)11-19(34-14-26)25(42)39-8-6-38(7-9-39)24(41)16-3-2-15(10-18(16)28)36-22-23-33-13-20(40(23)5-4-32-22)17-12-35-37-21(17)27(29,30)31;2-1-3/h2-5,10,12-13,19,34,43H,6-9,11,14H2,1H3,(H,32,36)(H,35,37);1H,(H,2,3)/t19-,26-;/m0./s1. The van der Waals surface area contributed by atoms with Crippen molar-refractivity contribution in [3.63, 3.8) is 0 Å². The number of carbonyl (C=O) groups excluding carboxylic acids is 2. The Balaban J connectivity index is 0.00000134. The number of aliphatic hydroxyl groups is 1.